The largest absolute Gasteiger partial charge is 0.457 e. The van der Waals surface area contributed by atoms with Crippen LogP contribution < -0.4 is 25.5 Å². The summed E-state index contributed by atoms with van der Waals surface area (Å²) in [5.74, 6) is 1.81. The Bertz CT molecular complexity index is 3110. The smallest absolute Gasteiger partial charge is 0.188 e. The molecule has 0 saturated heterocycles. The summed E-state index contributed by atoms with van der Waals surface area (Å²) in [6, 6.07) is 66.3. The molecule has 3 heterocycles. The van der Waals surface area contributed by atoms with E-state index in [1.807, 2.05) is 0 Å². The molecule has 0 saturated carbocycles. The molecule has 1 aliphatic rings. The molecule has 0 bridgehead atoms. The molecule has 11 rings (SSSR count). The number of nitrogens with zero attached hydrogens (tertiary/aromatic N) is 1. The lowest BCUT2D eigenvalue weighted by Gasteiger charge is -2.40. The van der Waals surface area contributed by atoms with Crippen LogP contribution in [-0.4, -0.2) is 12.6 Å². The van der Waals surface area contributed by atoms with Crippen LogP contribution in [0.4, 0.5) is 0 Å². The monoisotopic (exact) mass is 737 g/mol. The minimum absolute atomic E-state index is 0.0585. The Hall–Kier alpha value is -6.62. The highest BCUT2D eigenvalue weighted by molar-refractivity contribution is 7.20. The lowest BCUT2D eigenvalue weighted by molar-refractivity contribution is 0.489. The van der Waals surface area contributed by atoms with Gasteiger partial charge >= 0.3 is 0 Å². The summed E-state index contributed by atoms with van der Waals surface area (Å²) < 4.78 is 16.3. The van der Waals surface area contributed by atoms with Crippen LogP contribution in [-0.2, 0) is 5.41 Å². The van der Waals surface area contributed by atoms with E-state index in [9.17, 15) is 0 Å². The summed E-state index contributed by atoms with van der Waals surface area (Å²) in [6.07, 6.45) is 0. The number of fused-ring (bicyclic) bond motifs is 8. The topological polar surface area (TPSA) is 27.3 Å². The van der Waals surface area contributed by atoms with Crippen molar-refractivity contribution < 1.29 is 9.15 Å². The molecule has 0 unspecified atom stereocenters. The number of hydrogen-bond donors (Lipinski definition) is 0. The Kier molecular flexibility index (Phi) is 7.14. The quantitative estimate of drug-likeness (QED) is 0.168. The maximum Gasteiger partial charge on any atom is 0.188 e. The Balaban J connectivity index is 1.13. The molecule has 0 spiro atoms. The van der Waals surface area contributed by atoms with E-state index >= 15 is 0 Å². The third kappa shape index (κ3) is 4.69. The highest BCUT2D eigenvalue weighted by Crippen LogP contribution is 2.43. The van der Waals surface area contributed by atoms with Gasteiger partial charge in [0, 0.05) is 38.4 Å². The van der Waals surface area contributed by atoms with Crippen molar-refractivity contribution in [2.45, 2.75) is 26.2 Å². The molecule has 0 fully saturated rings. The summed E-state index contributed by atoms with van der Waals surface area (Å²) in [5, 5.41) is 9.86. The minimum atomic E-state index is -2.80. The van der Waals surface area contributed by atoms with Gasteiger partial charge in [0.15, 0.2) is 8.07 Å². The van der Waals surface area contributed by atoms with E-state index in [1.54, 1.807) is 0 Å². The number of para-hydroxylation sites is 4. The number of ether oxygens (including phenoxy) is 1. The first-order chi connectivity index (χ1) is 27.4. The fourth-order valence-corrected chi connectivity index (χ4v) is 14.3. The van der Waals surface area contributed by atoms with E-state index in [4.69, 9.17) is 9.15 Å². The average molecular weight is 738 g/mol. The fraction of sp³-hybridized carbons (Fsp3) is 0.0769. The van der Waals surface area contributed by atoms with Gasteiger partial charge in [-0.25, -0.2) is 0 Å². The van der Waals surface area contributed by atoms with Gasteiger partial charge in [0.25, 0.3) is 0 Å². The second-order valence-corrected chi connectivity index (χ2v) is 19.8. The molecule has 268 valence electrons. The SMILES string of the molecule is CC(C)(C)c1ccc2c(c1)c1ccccc1n2-c1ccc2oc3c(-c4cccc5c4Oc4ccccc4[Si]5(c4ccccc4)c4ccccc4)cccc3c2c1. The highest BCUT2D eigenvalue weighted by Gasteiger charge is 2.48. The summed E-state index contributed by atoms with van der Waals surface area (Å²) >= 11 is 0. The van der Waals surface area contributed by atoms with Gasteiger partial charge in [-0.2, -0.15) is 0 Å². The highest BCUT2D eigenvalue weighted by atomic mass is 28.3. The van der Waals surface area contributed by atoms with E-state index < -0.39 is 8.07 Å². The van der Waals surface area contributed by atoms with Gasteiger partial charge in [-0.1, -0.05) is 160 Å². The standard InChI is InChI=1S/C52H39NO2Si/c1-52(2,3)34-28-30-45-42(32-34)38-20-10-11-24-44(38)53(45)35-29-31-46-43(33-35)41-22-14-21-39(50(41)54-46)40-23-15-27-49-51(40)55-47-25-12-13-26-48(47)56(49,36-16-6-4-7-17-36)37-18-8-5-9-19-37/h4-33H,1-3H3. The minimum Gasteiger partial charge on any atom is -0.457 e. The van der Waals surface area contributed by atoms with Crippen molar-refractivity contribution in [3.8, 4) is 28.3 Å². The number of hydrogen-bond acceptors (Lipinski definition) is 2. The molecule has 56 heavy (non-hydrogen) atoms. The van der Waals surface area contributed by atoms with Crippen molar-refractivity contribution in [2.75, 3.05) is 0 Å². The molecule has 0 atom stereocenters. The number of furan rings is 1. The molecule has 10 aromatic rings. The molecule has 0 amide bonds. The first kappa shape index (κ1) is 32.8. The van der Waals surface area contributed by atoms with Crippen molar-refractivity contribution in [2.24, 2.45) is 0 Å². The molecule has 1 aliphatic heterocycles. The van der Waals surface area contributed by atoms with Crippen LogP contribution in [0, 0.1) is 0 Å². The first-order valence-corrected chi connectivity index (χ1v) is 21.4. The van der Waals surface area contributed by atoms with Crippen LogP contribution in [0.1, 0.15) is 26.3 Å². The Labute approximate surface area is 327 Å². The molecule has 0 radical (unpaired) electrons. The van der Waals surface area contributed by atoms with E-state index in [1.165, 1.54) is 48.1 Å². The molecule has 4 heteroatoms. The second-order valence-electron chi connectivity index (χ2n) is 16.1. The van der Waals surface area contributed by atoms with Crippen molar-refractivity contribution in [1.82, 2.24) is 4.57 Å². The Morgan fingerprint density at radius 2 is 1.12 bits per heavy atom. The normalized spacial score (nSPS) is 13.6. The molecular formula is C52H39NO2Si. The molecule has 0 N–H and O–H groups in total. The molecular weight excluding hydrogens is 699 g/mol. The van der Waals surface area contributed by atoms with Crippen LogP contribution in [0.3, 0.4) is 0 Å². The molecule has 0 aliphatic carbocycles. The van der Waals surface area contributed by atoms with Crippen LogP contribution in [0.5, 0.6) is 11.5 Å². The zero-order valence-electron chi connectivity index (χ0n) is 31.6. The van der Waals surface area contributed by atoms with Crippen LogP contribution in [0.15, 0.2) is 186 Å². The molecule has 8 aromatic carbocycles. The summed E-state index contributed by atoms with van der Waals surface area (Å²) in [6.45, 7) is 6.84. The van der Waals surface area contributed by atoms with E-state index in [-0.39, 0.29) is 5.41 Å². The fourth-order valence-electron chi connectivity index (χ4n) is 9.30. The summed E-state index contributed by atoms with van der Waals surface area (Å²) in [5.41, 5.74) is 8.67. The van der Waals surface area contributed by atoms with E-state index in [0.717, 1.165) is 50.3 Å². The van der Waals surface area contributed by atoms with Gasteiger partial charge in [0.05, 0.1) is 11.0 Å². The maximum absolute atomic E-state index is 7.05. The second kappa shape index (κ2) is 12.2. The average Bonchev–Trinajstić information content (AvgIpc) is 3.78. The lowest BCUT2D eigenvalue weighted by atomic mass is 9.86. The number of benzene rings is 8. The van der Waals surface area contributed by atoms with Gasteiger partial charge in [0.2, 0.25) is 0 Å². The Morgan fingerprint density at radius 3 is 1.91 bits per heavy atom. The Morgan fingerprint density at radius 1 is 0.482 bits per heavy atom. The van der Waals surface area contributed by atoms with Gasteiger partial charge in [-0.05, 0) is 74.2 Å². The molecule has 2 aromatic heterocycles. The van der Waals surface area contributed by atoms with E-state index in [0.29, 0.717) is 0 Å². The third-order valence-corrected chi connectivity index (χ3v) is 16.7. The van der Waals surface area contributed by atoms with Gasteiger partial charge in [-0.3, -0.25) is 0 Å². The summed E-state index contributed by atoms with van der Waals surface area (Å²) in [7, 11) is -2.80. The summed E-state index contributed by atoms with van der Waals surface area (Å²) in [4.78, 5) is 0. The van der Waals surface area contributed by atoms with E-state index in [2.05, 4.69) is 207 Å². The van der Waals surface area contributed by atoms with Crippen molar-refractivity contribution in [3.05, 3.63) is 188 Å². The van der Waals surface area contributed by atoms with Crippen LogP contribution in [0.25, 0.3) is 60.6 Å². The van der Waals surface area contributed by atoms with Crippen molar-refractivity contribution in [1.29, 1.82) is 0 Å². The number of rotatable bonds is 4. The zero-order chi connectivity index (χ0) is 37.6. The third-order valence-electron chi connectivity index (χ3n) is 11.9. The van der Waals surface area contributed by atoms with Crippen molar-refractivity contribution in [3.63, 3.8) is 0 Å². The first-order valence-electron chi connectivity index (χ1n) is 19.4. The van der Waals surface area contributed by atoms with Crippen LogP contribution in [0.2, 0.25) is 0 Å². The lowest BCUT2D eigenvalue weighted by Crippen LogP contribution is -2.76. The number of aromatic nitrogens is 1. The predicted molar refractivity (Wildman–Crippen MR) is 236 cm³/mol. The molecule has 3 nitrogen and oxygen atoms in total. The van der Waals surface area contributed by atoms with Crippen LogP contribution >= 0.6 is 0 Å². The van der Waals surface area contributed by atoms with Gasteiger partial charge < -0.3 is 13.7 Å². The maximum atomic E-state index is 7.05. The predicted octanol–water partition coefficient (Wildman–Crippen LogP) is 11.1. The van der Waals surface area contributed by atoms with Crippen molar-refractivity contribution >= 4 is 72.6 Å². The van der Waals surface area contributed by atoms with Gasteiger partial charge in [-0.15, -0.1) is 0 Å². The zero-order valence-corrected chi connectivity index (χ0v) is 32.6. The van der Waals surface area contributed by atoms with Gasteiger partial charge in [0.1, 0.15) is 22.7 Å².